The first-order valence-corrected chi connectivity index (χ1v) is 4.70. The van der Waals surface area contributed by atoms with E-state index in [0.717, 1.165) is 12.8 Å². The first kappa shape index (κ1) is 11.2. The molecule has 0 bridgehead atoms. The molecule has 0 amide bonds. The summed E-state index contributed by atoms with van der Waals surface area (Å²) in [5.41, 5.74) is 2.85. The molecule has 0 radical (unpaired) electrons. The van der Waals surface area contributed by atoms with Crippen molar-refractivity contribution in [1.29, 1.82) is 0 Å². The molecule has 0 N–H and O–H groups in total. The van der Waals surface area contributed by atoms with Crippen LogP contribution in [0.4, 0.5) is 0 Å². The Morgan fingerprint density at radius 2 is 1.17 bits per heavy atom. The second-order valence-electron chi connectivity index (χ2n) is 3.12. The van der Waals surface area contributed by atoms with Gasteiger partial charge in [0.2, 0.25) is 0 Å². The van der Waals surface area contributed by atoms with E-state index in [0.29, 0.717) is 0 Å². The molecule has 0 aliphatic heterocycles. The Morgan fingerprint density at radius 3 is 1.42 bits per heavy atom. The van der Waals surface area contributed by atoms with Crippen LogP contribution in [0.25, 0.3) is 0 Å². The number of allylic oxidation sites excluding steroid dienone is 6. The number of rotatable bonds is 4. The van der Waals surface area contributed by atoms with Crippen molar-refractivity contribution in [3.8, 4) is 0 Å². The zero-order valence-electron chi connectivity index (χ0n) is 8.72. The molecule has 0 atom stereocenters. The number of hydrogen-bond donors (Lipinski definition) is 0. The molecule has 0 aromatic rings. The van der Waals surface area contributed by atoms with Crippen molar-refractivity contribution in [1.82, 2.24) is 0 Å². The van der Waals surface area contributed by atoms with E-state index in [1.807, 2.05) is 0 Å². The van der Waals surface area contributed by atoms with E-state index >= 15 is 0 Å². The van der Waals surface area contributed by atoms with Gasteiger partial charge in [-0.3, -0.25) is 0 Å². The third-order valence-corrected chi connectivity index (χ3v) is 1.99. The summed E-state index contributed by atoms with van der Waals surface area (Å²) in [4.78, 5) is 0. The summed E-state index contributed by atoms with van der Waals surface area (Å²) >= 11 is 0. The molecule has 0 saturated heterocycles. The summed E-state index contributed by atoms with van der Waals surface area (Å²) in [6.07, 6.45) is 10.8. The van der Waals surface area contributed by atoms with E-state index in [1.165, 1.54) is 11.1 Å². The van der Waals surface area contributed by atoms with Gasteiger partial charge in [-0.15, -0.1) is 0 Å². The quantitative estimate of drug-likeness (QED) is 0.545. The predicted molar refractivity (Wildman–Crippen MR) is 57.2 cm³/mol. The summed E-state index contributed by atoms with van der Waals surface area (Å²) in [5, 5.41) is 0. The van der Waals surface area contributed by atoms with Gasteiger partial charge in [0.25, 0.3) is 0 Å². The smallest absolute Gasteiger partial charge is 0.0349 e. The summed E-state index contributed by atoms with van der Waals surface area (Å²) in [6, 6.07) is 0. The van der Waals surface area contributed by atoms with Gasteiger partial charge in [-0.1, -0.05) is 49.3 Å². The lowest BCUT2D eigenvalue weighted by Crippen LogP contribution is -1.69. The van der Waals surface area contributed by atoms with E-state index in [4.69, 9.17) is 0 Å². The van der Waals surface area contributed by atoms with Crippen molar-refractivity contribution in [2.75, 3.05) is 0 Å². The van der Waals surface area contributed by atoms with E-state index < -0.39 is 0 Å². The van der Waals surface area contributed by atoms with Gasteiger partial charge in [0.05, 0.1) is 0 Å². The fourth-order valence-electron chi connectivity index (χ4n) is 0.675. The van der Waals surface area contributed by atoms with Gasteiger partial charge in [-0.25, -0.2) is 0 Å². The molecule has 0 rings (SSSR count). The van der Waals surface area contributed by atoms with Crippen LogP contribution in [0.1, 0.15) is 40.5 Å². The maximum absolute atomic E-state index is 2.17. The van der Waals surface area contributed by atoms with E-state index in [9.17, 15) is 0 Å². The highest BCUT2D eigenvalue weighted by molar-refractivity contribution is 5.17. The SMILES string of the molecule is CC/C(C)=C/C=C/C=C(\C)CC. The van der Waals surface area contributed by atoms with Crippen LogP contribution in [0.3, 0.4) is 0 Å². The van der Waals surface area contributed by atoms with Crippen LogP contribution in [-0.4, -0.2) is 0 Å². The molecule has 0 spiro atoms. The molecule has 0 aromatic carbocycles. The molecule has 0 heterocycles. The van der Waals surface area contributed by atoms with Gasteiger partial charge in [0, 0.05) is 0 Å². The van der Waals surface area contributed by atoms with Crippen LogP contribution in [0.15, 0.2) is 35.5 Å². The lowest BCUT2D eigenvalue weighted by molar-refractivity contribution is 1.10. The van der Waals surface area contributed by atoms with Crippen molar-refractivity contribution >= 4 is 0 Å². The molecule has 0 aromatic heterocycles. The average molecular weight is 164 g/mol. The minimum atomic E-state index is 1.14. The molecular formula is C12H20. The van der Waals surface area contributed by atoms with Crippen LogP contribution in [0.2, 0.25) is 0 Å². The molecule has 68 valence electrons. The molecule has 0 aliphatic rings. The largest absolute Gasteiger partial charge is 0.0736 e. The standard InChI is InChI=1S/C12H20/c1-5-11(3)9-7-8-10-12(4)6-2/h7-10H,5-6H2,1-4H3/b8-7+,11-9+,12-10+. The van der Waals surface area contributed by atoms with Crippen molar-refractivity contribution in [3.63, 3.8) is 0 Å². The summed E-state index contributed by atoms with van der Waals surface area (Å²) in [7, 11) is 0. The van der Waals surface area contributed by atoms with Crippen molar-refractivity contribution in [2.24, 2.45) is 0 Å². The van der Waals surface area contributed by atoms with Crippen LogP contribution in [0.5, 0.6) is 0 Å². The average Bonchev–Trinajstić information content (AvgIpc) is 2.11. The Morgan fingerprint density at radius 1 is 0.833 bits per heavy atom. The van der Waals surface area contributed by atoms with Crippen LogP contribution in [-0.2, 0) is 0 Å². The van der Waals surface area contributed by atoms with Gasteiger partial charge < -0.3 is 0 Å². The Balaban J connectivity index is 3.93. The maximum atomic E-state index is 2.17. The third-order valence-electron chi connectivity index (χ3n) is 1.99. The van der Waals surface area contributed by atoms with E-state index in [-0.39, 0.29) is 0 Å². The molecule has 12 heavy (non-hydrogen) atoms. The third kappa shape index (κ3) is 5.96. The summed E-state index contributed by atoms with van der Waals surface area (Å²) in [5.74, 6) is 0. The lowest BCUT2D eigenvalue weighted by Gasteiger charge is -1.90. The molecule has 0 unspecified atom stereocenters. The minimum absolute atomic E-state index is 1.14. The zero-order valence-corrected chi connectivity index (χ0v) is 8.72. The van der Waals surface area contributed by atoms with Crippen molar-refractivity contribution in [3.05, 3.63) is 35.5 Å². The van der Waals surface area contributed by atoms with Gasteiger partial charge in [-0.2, -0.15) is 0 Å². The first-order valence-electron chi connectivity index (χ1n) is 4.70. The van der Waals surface area contributed by atoms with Crippen LogP contribution >= 0.6 is 0 Å². The molecule has 0 saturated carbocycles. The highest BCUT2D eigenvalue weighted by atomic mass is 13.9. The van der Waals surface area contributed by atoms with Crippen molar-refractivity contribution < 1.29 is 0 Å². The molecule has 0 nitrogen and oxygen atoms in total. The number of hydrogen-bond acceptors (Lipinski definition) is 0. The maximum Gasteiger partial charge on any atom is -0.0349 e. The Kier molecular flexibility index (Phi) is 6.45. The summed E-state index contributed by atoms with van der Waals surface area (Å²) < 4.78 is 0. The molecule has 0 heteroatoms. The summed E-state index contributed by atoms with van der Waals surface area (Å²) in [6.45, 7) is 8.65. The monoisotopic (exact) mass is 164 g/mol. The normalized spacial score (nSPS) is 14.3. The zero-order chi connectivity index (χ0) is 9.40. The van der Waals surface area contributed by atoms with Gasteiger partial charge >= 0.3 is 0 Å². The Hall–Kier alpha value is -0.780. The Labute approximate surface area is 76.7 Å². The van der Waals surface area contributed by atoms with Crippen molar-refractivity contribution in [2.45, 2.75) is 40.5 Å². The fourth-order valence-corrected chi connectivity index (χ4v) is 0.675. The molecular weight excluding hydrogens is 144 g/mol. The molecule has 0 fully saturated rings. The van der Waals surface area contributed by atoms with E-state index in [1.54, 1.807) is 0 Å². The topological polar surface area (TPSA) is 0 Å². The second-order valence-corrected chi connectivity index (χ2v) is 3.12. The first-order chi connectivity index (χ1) is 5.70. The fraction of sp³-hybridized carbons (Fsp3) is 0.500. The van der Waals surface area contributed by atoms with Crippen LogP contribution < -0.4 is 0 Å². The molecule has 0 aliphatic carbocycles. The van der Waals surface area contributed by atoms with E-state index in [2.05, 4.69) is 52.0 Å². The Bertz CT molecular complexity index is 170. The van der Waals surface area contributed by atoms with Gasteiger partial charge in [-0.05, 0) is 26.7 Å². The lowest BCUT2D eigenvalue weighted by atomic mass is 10.2. The van der Waals surface area contributed by atoms with Crippen LogP contribution in [0, 0.1) is 0 Å². The van der Waals surface area contributed by atoms with Gasteiger partial charge in [0.15, 0.2) is 0 Å². The second kappa shape index (κ2) is 6.90. The van der Waals surface area contributed by atoms with Gasteiger partial charge in [0.1, 0.15) is 0 Å². The highest BCUT2D eigenvalue weighted by Crippen LogP contribution is 2.00. The minimum Gasteiger partial charge on any atom is -0.0736 e. The highest BCUT2D eigenvalue weighted by Gasteiger charge is 1.79. The predicted octanol–water partition coefficient (Wildman–Crippen LogP) is 4.26.